The van der Waals surface area contributed by atoms with Gasteiger partial charge < -0.3 is 45.3 Å². The Labute approximate surface area is 332 Å². The van der Waals surface area contributed by atoms with E-state index < -0.39 is 93.4 Å². The lowest BCUT2D eigenvalue weighted by molar-refractivity contribution is -0.385. The van der Waals surface area contributed by atoms with E-state index in [9.17, 15) is 54.1 Å². The Bertz CT molecular complexity index is 2040. The highest BCUT2D eigenvalue weighted by Gasteiger charge is 2.61. The molecule has 3 saturated heterocycles. The summed E-state index contributed by atoms with van der Waals surface area (Å²) in [5.41, 5.74) is 10.2. The number of nitrogens with two attached hydrogens (primary N) is 2. The van der Waals surface area contributed by atoms with Crippen molar-refractivity contribution >= 4 is 59.2 Å². The van der Waals surface area contributed by atoms with Crippen LogP contribution in [0.25, 0.3) is 0 Å². The second-order valence-electron chi connectivity index (χ2n) is 13.9. The monoisotopic (exact) mass is 827 g/mol. The van der Waals surface area contributed by atoms with Crippen LogP contribution >= 0.6 is 11.8 Å². The first-order valence-electron chi connectivity index (χ1n) is 17.7. The number of rotatable bonds is 12. The van der Waals surface area contributed by atoms with E-state index in [1.165, 1.54) is 53.1 Å². The number of thioether (sulfide) groups is 1. The van der Waals surface area contributed by atoms with Crippen LogP contribution < -0.4 is 16.2 Å². The SMILES string of the molecule is C[C@@H](O)[C@H]1C(=O)N2C(C(=O)Oc3ccc([N+](=O)[O-])cc3)=C(S[C@H]3C[C@@H](C(=O)N4C[C@H](OC(N)=O)[C@@H](OC(N)=O)C4)N(C(=O)OCc4ccc([N+](=O)[O-])cc4)C3)[C@H](C)[C@H]12. The first kappa shape index (κ1) is 41.2. The van der Waals surface area contributed by atoms with Crippen molar-refractivity contribution in [2.24, 2.45) is 23.3 Å². The van der Waals surface area contributed by atoms with Gasteiger partial charge in [0.1, 0.15) is 24.1 Å². The van der Waals surface area contributed by atoms with Gasteiger partial charge >= 0.3 is 24.2 Å². The molecule has 4 aliphatic heterocycles. The third-order valence-corrected chi connectivity index (χ3v) is 11.7. The lowest BCUT2D eigenvalue weighted by Gasteiger charge is -2.46. The Morgan fingerprint density at radius 2 is 1.47 bits per heavy atom. The quantitative estimate of drug-likeness (QED) is 0.0685. The van der Waals surface area contributed by atoms with E-state index >= 15 is 0 Å². The first-order valence-corrected chi connectivity index (χ1v) is 18.6. The highest BCUT2D eigenvalue weighted by atomic mass is 32.2. The zero-order valence-corrected chi connectivity index (χ0v) is 31.6. The molecule has 0 saturated carbocycles. The number of carbonyl (C=O) groups is 6. The van der Waals surface area contributed by atoms with E-state index in [0.29, 0.717) is 10.5 Å². The van der Waals surface area contributed by atoms with E-state index in [0.717, 1.165) is 28.8 Å². The Morgan fingerprint density at radius 3 is 1.98 bits per heavy atom. The number of nitro groups is 2. The number of amides is 5. The third-order valence-electron chi connectivity index (χ3n) is 10.2. The van der Waals surface area contributed by atoms with Gasteiger partial charge in [0.2, 0.25) is 11.8 Å². The van der Waals surface area contributed by atoms with Gasteiger partial charge in [0.25, 0.3) is 11.4 Å². The number of aliphatic hydroxyl groups excluding tert-OH is 1. The predicted octanol–water partition coefficient (Wildman–Crippen LogP) is 1.76. The van der Waals surface area contributed by atoms with Crippen molar-refractivity contribution in [3.05, 3.63) is 84.9 Å². The number of benzene rings is 2. The molecule has 0 radical (unpaired) electrons. The molecule has 23 heteroatoms. The number of primary amides is 2. The van der Waals surface area contributed by atoms with Crippen molar-refractivity contribution in [3.63, 3.8) is 0 Å². The van der Waals surface area contributed by atoms with Crippen molar-refractivity contribution in [2.75, 3.05) is 19.6 Å². The number of nitro benzene ring substituents is 2. The average Bonchev–Trinajstić information content (AvgIpc) is 3.83. The van der Waals surface area contributed by atoms with Crippen LogP contribution in [-0.4, -0.2) is 121 Å². The first-order chi connectivity index (χ1) is 27.4. The fourth-order valence-corrected chi connectivity index (χ4v) is 9.08. The summed E-state index contributed by atoms with van der Waals surface area (Å²) in [5, 5.41) is 32.1. The number of carbonyl (C=O) groups excluding carboxylic acids is 6. The van der Waals surface area contributed by atoms with Crippen LogP contribution in [-0.2, 0) is 35.2 Å². The molecule has 58 heavy (non-hydrogen) atoms. The van der Waals surface area contributed by atoms with Crippen molar-refractivity contribution < 1.29 is 62.7 Å². The number of aliphatic hydroxyl groups is 1. The molecule has 5 N–H and O–H groups in total. The van der Waals surface area contributed by atoms with Gasteiger partial charge in [-0.15, -0.1) is 11.8 Å². The number of fused-ring (bicyclic) bond motifs is 1. The zero-order valence-electron chi connectivity index (χ0n) is 30.7. The normalized spacial score (nSPS) is 25.4. The number of likely N-dealkylation sites (tertiary alicyclic amines) is 2. The van der Waals surface area contributed by atoms with Crippen LogP contribution in [0.5, 0.6) is 5.75 Å². The Hall–Kier alpha value is -6.49. The van der Waals surface area contributed by atoms with Gasteiger partial charge in [0.05, 0.1) is 41.0 Å². The second kappa shape index (κ2) is 16.5. The van der Waals surface area contributed by atoms with Crippen molar-refractivity contribution in [3.8, 4) is 5.75 Å². The van der Waals surface area contributed by atoms with Gasteiger partial charge in [-0.05, 0) is 43.2 Å². The summed E-state index contributed by atoms with van der Waals surface area (Å²) >= 11 is 1.12. The molecule has 308 valence electrons. The number of β-lactam (4-membered cyclic amide) rings is 1. The molecule has 0 bridgehead atoms. The third kappa shape index (κ3) is 8.30. The summed E-state index contributed by atoms with van der Waals surface area (Å²) in [4.78, 5) is 103. The molecule has 0 unspecified atom stereocenters. The van der Waals surface area contributed by atoms with Crippen LogP contribution in [0.15, 0.2) is 59.1 Å². The van der Waals surface area contributed by atoms with E-state index in [1.54, 1.807) is 6.92 Å². The summed E-state index contributed by atoms with van der Waals surface area (Å²) in [7, 11) is 0. The summed E-state index contributed by atoms with van der Waals surface area (Å²) in [6.07, 6.45) is -6.79. The molecular weight excluding hydrogens is 790 g/mol. The van der Waals surface area contributed by atoms with Gasteiger partial charge in [-0.2, -0.15) is 0 Å². The number of hydrogen-bond donors (Lipinski definition) is 3. The molecule has 2 aromatic carbocycles. The molecule has 6 rings (SSSR count). The zero-order chi connectivity index (χ0) is 42.2. The smallest absolute Gasteiger partial charge is 0.410 e. The number of non-ortho nitro benzene ring substituents is 2. The minimum absolute atomic E-state index is 0.0331. The lowest BCUT2D eigenvalue weighted by atomic mass is 9.79. The highest BCUT2D eigenvalue weighted by molar-refractivity contribution is 8.03. The van der Waals surface area contributed by atoms with Crippen LogP contribution in [0.4, 0.5) is 25.8 Å². The van der Waals surface area contributed by atoms with E-state index in [4.69, 9.17) is 30.4 Å². The van der Waals surface area contributed by atoms with Gasteiger partial charge in [-0.25, -0.2) is 19.2 Å². The summed E-state index contributed by atoms with van der Waals surface area (Å²) in [6.45, 7) is 2.20. The average molecular weight is 828 g/mol. The fraction of sp³-hybridized carbons (Fsp3) is 0.429. The molecule has 0 aromatic heterocycles. The Morgan fingerprint density at radius 1 is 0.914 bits per heavy atom. The fourth-order valence-electron chi connectivity index (χ4n) is 7.56. The number of hydrogen-bond acceptors (Lipinski definition) is 16. The Balaban J connectivity index is 1.28. The molecule has 5 amide bonds. The number of ether oxygens (including phenoxy) is 4. The van der Waals surface area contributed by atoms with Crippen LogP contribution in [0, 0.1) is 32.1 Å². The van der Waals surface area contributed by atoms with Crippen molar-refractivity contribution in [1.82, 2.24) is 14.7 Å². The number of esters is 1. The minimum Gasteiger partial charge on any atom is -0.445 e. The molecule has 0 aliphatic carbocycles. The Kier molecular flexibility index (Phi) is 11.7. The maximum atomic E-state index is 14.2. The molecule has 4 heterocycles. The summed E-state index contributed by atoms with van der Waals surface area (Å²) < 4.78 is 21.2. The number of nitrogens with zero attached hydrogens (tertiary/aromatic N) is 5. The van der Waals surface area contributed by atoms with E-state index in [1.807, 2.05) is 0 Å². The van der Waals surface area contributed by atoms with E-state index in [-0.39, 0.29) is 55.5 Å². The minimum atomic E-state index is -1.22. The van der Waals surface area contributed by atoms with Crippen LogP contribution in [0.2, 0.25) is 0 Å². The second-order valence-corrected chi connectivity index (χ2v) is 15.3. The standard InChI is InChI=1S/C35H37N7O15S/c1-16-27-26(17(2)43)31(45)40(27)28(32(46)55-21-9-7-20(8-10-21)42(52)53)29(16)58-22-11-23(30(44)38-13-24(56-33(36)47)25(14-38)57-34(37)48)39(12-22)35(49)54-15-18-3-5-19(6-4-18)41(50)51/h3-10,16-17,22-27,43H,11-15H2,1-2H3,(H2,36,47)(H2,37,48)/t16-,17-,22+,23+,24+,25+,26-,27-/m1/s1. The van der Waals surface area contributed by atoms with Crippen LogP contribution in [0.1, 0.15) is 25.8 Å². The summed E-state index contributed by atoms with van der Waals surface area (Å²) in [5.74, 6) is -3.55. The lowest BCUT2D eigenvalue weighted by Crippen LogP contribution is -2.63. The van der Waals surface area contributed by atoms with Gasteiger partial charge in [0, 0.05) is 46.9 Å². The van der Waals surface area contributed by atoms with Gasteiger partial charge in [-0.1, -0.05) is 6.92 Å². The summed E-state index contributed by atoms with van der Waals surface area (Å²) in [6, 6.07) is 8.13. The molecule has 4 aliphatic rings. The molecule has 2 aromatic rings. The maximum Gasteiger partial charge on any atom is 0.410 e. The molecule has 0 spiro atoms. The van der Waals surface area contributed by atoms with Crippen molar-refractivity contribution in [2.45, 2.75) is 62.5 Å². The molecular formula is C35H37N7O15S. The largest absolute Gasteiger partial charge is 0.445 e. The molecule has 22 nitrogen and oxygen atoms in total. The highest BCUT2D eigenvalue weighted by Crippen LogP contribution is 2.52. The maximum absolute atomic E-state index is 14.2. The predicted molar refractivity (Wildman–Crippen MR) is 196 cm³/mol. The van der Waals surface area contributed by atoms with Gasteiger partial charge in [0.15, 0.2) is 12.2 Å². The van der Waals surface area contributed by atoms with Gasteiger partial charge in [-0.3, -0.25) is 34.7 Å². The van der Waals surface area contributed by atoms with Crippen molar-refractivity contribution in [1.29, 1.82) is 0 Å². The topological polar surface area (TPSA) is 308 Å². The van der Waals surface area contributed by atoms with Crippen LogP contribution in [0.3, 0.4) is 0 Å². The van der Waals surface area contributed by atoms with E-state index in [2.05, 4.69) is 0 Å². The molecule has 3 fully saturated rings. The molecule has 8 atom stereocenters.